The number of alkyl halides is 1. The SMILES string of the molecule is Cc1ccc2nc(CCl)n(C(C)C(C)C)c2n1. The molecule has 2 aromatic heterocycles. The molecule has 2 aromatic rings. The van der Waals surface area contributed by atoms with Crippen LogP contribution in [-0.2, 0) is 5.88 Å². The van der Waals surface area contributed by atoms with Gasteiger partial charge in [-0.05, 0) is 31.9 Å². The number of aromatic nitrogens is 3. The second-order valence-corrected chi connectivity index (χ2v) is 5.08. The summed E-state index contributed by atoms with van der Waals surface area (Å²) in [5.74, 6) is 1.85. The van der Waals surface area contributed by atoms with Gasteiger partial charge in [-0.1, -0.05) is 13.8 Å². The number of pyridine rings is 1. The van der Waals surface area contributed by atoms with Crippen LogP contribution in [0.5, 0.6) is 0 Å². The van der Waals surface area contributed by atoms with Crippen LogP contribution in [0.25, 0.3) is 11.2 Å². The van der Waals surface area contributed by atoms with Gasteiger partial charge in [0.25, 0.3) is 0 Å². The molecule has 1 atom stereocenters. The minimum Gasteiger partial charge on any atom is -0.309 e. The van der Waals surface area contributed by atoms with E-state index in [-0.39, 0.29) is 0 Å². The fourth-order valence-electron chi connectivity index (χ4n) is 1.94. The maximum Gasteiger partial charge on any atom is 0.160 e. The Morgan fingerprint density at radius 1 is 1.24 bits per heavy atom. The van der Waals surface area contributed by atoms with Crippen molar-refractivity contribution >= 4 is 22.8 Å². The highest BCUT2D eigenvalue weighted by Gasteiger charge is 2.18. The van der Waals surface area contributed by atoms with E-state index in [1.807, 2.05) is 19.1 Å². The summed E-state index contributed by atoms with van der Waals surface area (Å²) >= 11 is 5.98. The second kappa shape index (κ2) is 4.65. The first kappa shape index (κ1) is 12.4. The Morgan fingerprint density at radius 2 is 1.94 bits per heavy atom. The molecule has 0 fully saturated rings. The molecule has 0 aliphatic rings. The van der Waals surface area contributed by atoms with E-state index in [9.17, 15) is 0 Å². The lowest BCUT2D eigenvalue weighted by molar-refractivity contribution is 0.407. The summed E-state index contributed by atoms with van der Waals surface area (Å²) in [4.78, 5) is 9.13. The third-order valence-electron chi connectivity index (χ3n) is 3.24. The smallest absolute Gasteiger partial charge is 0.160 e. The maximum atomic E-state index is 5.98. The third-order valence-corrected chi connectivity index (χ3v) is 3.48. The minimum atomic E-state index is 0.350. The molecule has 0 aliphatic carbocycles. The Morgan fingerprint density at radius 3 is 2.53 bits per heavy atom. The first-order chi connectivity index (χ1) is 8.04. The first-order valence-electron chi connectivity index (χ1n) is 5.95. The Bertz CT molecular complexity index is 531. The molecule has 0 saturated carbocycles. The summed E-state index contributed by atoms with van der Waals surface area (Å²) in [6, 6.07) is 4.35. The molecule has 0 aliphatic heterocycles. The van der Waals surface area contributed by atoms with Gasteiger partial charge in [0.1, 0.15) is 11.3 Å². The van der Waals surface area contributed by atoms with Gasteiger partial charge in [-0.2, -0.15) is 0 Å². The molecule has 0 spiro atoms. The number of hydrogen-bond donors (Lipinski definition) is 0. The van der Waals surface area contributed by atoms with Crippen molar-refractivity contribution in [3.05, 3.63) is 23.7 Å². The Labute approximate surface area is 107 Å². The topological polar surface area (TPSA) is 30.7 Å². The molecule has 2 heterocycles. The van der Waals surface area contributed by atoms with Crippen LogP contribution >= 0.6 is 11.6 Å². The van der Waals surface area contributed by atoms with Crippen LogP contribution in [0.3, 0.4) is 0 Å². The average Bonchev–Trinajstić information content (AvgIpc) is 2.65. The molecule has 0 aromatic carbocycles. The van der Waals surface area contributed by atoms with Gasteiger partial charge in [-0.3, -0.25) is 0 Å². The number of rotatable bonds is 3. The van der Waals surface area contributed by atoms with E-state index >= 15 is 0 Å². The van der Waals surface area contributed by atoms with E-state index in [1.54, 1.807) is 0 Å². The zero-order valence-electron chi connectivity index (χ0n) is 10.7. The molecule has 17 heavy (non-hydrogen) atoms. The Hall–Kier alpha value is -1.09. The lowest BCUT2D eigenvalue weighted by Crippen LogP contribution is -2.14. The number of fused-ring (bicyclic) bond motifs is 1. The lowest BCUT2D eigenvalue weighted by Gasteiger charge is -2.20. The zero-order valence-corrected chi connectivity index (χ0v) is 11.5. The van der Waals surface area contributed by atoms with Crippen LogP contribution in [0.4, 0.5) is 0 Å². The highest BCUT2D eigenvalue weighted by molar-refractivity contribution is 6.16. The van der Waals surface area contributed by atoms with Gasteiger partial charge in [0.15, 0.2) is 5.65 Å². The van der Waals surface area contributed by atoms with Gasteiger partial charge in [0.05, 0.1) is 5.88 Å². The lowest BCUT2D eigenvalue weighted by atomic mass is 10.1. The number of halogens is 1. The summed E-state index contributed by atoms with van der Waals surface area (Å²) in [6.45, 7) is 8.58. The van der Waals surface area contributed by atoms with Gasteiger partial charge < -0.3 is 4.57 Å². The molecule has 0 bridgehead atoms. The van der Waals surface area contributed by atoms with E-state index in [4.69, 9.17) is 11.6 Å². The second-order valence-electron chi connectivity index (χ2n) is 4.81. The Balaban J connectivity index is 2.68. The summed E-state index contributed by atoms with van der Waals surface area (Å²) in [5.41, 5.74) is 2.89. The van der Waals surface area contributed by atoms with Gasteiger partial charge in [0, 0.05) is 11.7 Å². The molecular weight excluding hydrogens is 234 g/mol. The van der Waals surface area contributed by atoms with E-state index in [2.05, 4.69) is 35.3 Å². The molecule has 2 rings (SSSR count). The van der Waals surface area contributed by atoms with Crippen LogP contribution in [0.2, 0.25) is 0 Å². The monoisotopic (exact) mass is 251 g/mol. The van der Waals surface area contributed by atoms with Gasteiger partial charge >= 0.3 is 0 Å². The van der Waals surface area contributed by atoms with Gasteiger partial charge in [0.2, 0.25) is 0 Å². The molecule has 0 amide bonds. The number of aryl methyl sites for hydroxylation is 1. The van der Waals surface area contributed by atoms with Crippen LogP contribution in [0.15, 0.2) is 12.1 Å². The summed E-state index contributed by atoms with van der Waals surface area (Å²) in [7, 11) is 0. The maximum absolute atomic E-state index is 5.98. The van der Waals surface area contributed by atoms with Crippen molar-refractivity contribution in [1.29, 1.82) is 0 Å². The van der Waals surface area contributed by atoms with Crippen molar-refractivity contribution in [2.75, 3.05) is 0 Å². The van der Waals surface area contributed by atoms with E-state index in [0.29, 0.717) is 17.8 Å². The third kappa shape index (κ3) is 2.16. The fourth-order valence-corrected chi connectivity index (χ4v) is 2.12. The van der Waals surface area contributed by atoms with Crippen molar-refractivity contribution in [3.8, 4) is 0 Å². The molecule has 92 valence electrons. The standard InChI is InChI=1S/C13H18ClN3/c1-8(2)10(4)17-12(7-14)16-11-6-5-9(3)15-13(11)17/h5-6,8,10H,7H2,1-4H3. The zero-order chi connectivity index (χ0) is 12.6. The quantitative estimate of drug-likeness (QED) is 0.779. The van der Waals surface area contributed by atoms with Crippen LogP contribution in [0, 0.1) is 12.8 Å². The van der Waals surface area contributed by atoms with E-state index in [0.717, 1.165) is 22.7 Å². The molecular formula is C13H18ClN3. The molecule has 0 N–H and O–H groups in total. The highest BCUT2D eigenvalue weighted by atomic mass is 35.5. The number of nitrogens with zero attached hydrogens (tertiary/aromatic N) is 3. The largest absolute Gasteiger partial charge is 0.309 e. The minimum absolute atomic E-state index is 0.350. The van der Waals surface area contributed by atoms with Crippen LogP contribution < -0.4 is 0 Å². The normalized spacial score (nSPS) is 13.5. The van der Waals surface area contributed by atoms with Crippen molar-refractivity contribution < 1.29 is 0 Å². The molecule has 4 heteroatoms. The van der Waals surface area contributed by atoms with Crippen LogP contribution in [-0.4, -0.2) is 14.5 Å². The summed E-state index contributed by atoms with van der Waals surface area (Å²) in [5, 5.41) is 0. The molecule has 0 radical (unpaired) electrons. The Kier molecular flexibility index (Phi) is 3.38. The predicted molar refractivity (Wildman–Crippen MR) is 71.4 cm³/mol. The summed E-state index contributed by atoms with van der Waals surface area (Å²) < 4.78 is 2.17. The molecule has 1 unspecified atom stereocenters. The number of hydrogen-bond acceptors (Lipinski definition) is 2. The fraction of sp³-hybridized carbons (Fsp3) is 0.538. The molecule has 3 nitrogen and oxygen atoms in total. The van der Waals surface area contributed by atoms with Gasteiger partial charge in [-0.25, -0.2) is 9.97 Å². The van der Waals surface area contributed by atoms with Crippen molar-refractivity contribution in [2.24, 2.45) is 5.92 Å². The molecule has 0 saturated heterocycles. The summed E-state index contributed by atoms with van der Waals surface area (Å²) in [6.07, 6.45) is 0. The van der Waals surface area contributed by atoms with Crippen molar-refractivity contribution in [3.63, 3.8) is 0 Å². The van der Waals surface area contributed by atoms with Gasteiger partial charge in [-0.15, -0.1) is 11.6 Å². The highest BCUT2D eigenvalue weighted by Crippen LogP contribution is 2.25. The first-order valence-corrected chi connectivity index (χ1v) is 6.48. The van der Waals surface area contributed by atoms with Crippen molar-refractivity contribution in [1.82, 2.24) is 14.5 Å². The van der Waals surface area contributed by atoms with E-state index < -0.39 is 0 Å². The van der Waals surface area contributed by atoms with Crippen LogP contribution in [0.1, 0.15) is 38.3 Å². The average molecular weight is 252 g/mol. The van der Waals surface area contributed by atoms with Crippen molar-refractivity contribution in [2.45, 2.75) is 39.6 Å². The number of imidazole rings is 1. The van der Waals surface area contributed by atoms with E-state index in [1.165, 1.54) is 0 Å². The predicted octanol–water partition coefficient (Wildman–Crippen LogP) is 3.70.